The van der Waals surface area contributed by atoms with Crippen LogP contribution in [0.5, 0.6) is 0 Å². The zero-order valence-corrected chi connectivity index (χ0v) is 20.2. The second-order valence-corrected chi connectivity index (χ2v) is 9.68. The second-order valence-electron chi connectivity index (χ2n) is 9.68. The number of aryl methyl sites for hydroxylation is 1. The van der Waals surface area contributed by atoms with E-state index in [9.17, 15) is 4.79 Å². The number of hydrogen-bond donors (Lipinski definition) is 0. The van der Waals surface area contributed by atoms with Gasteiger partial charge in [-0.15, -0.1) is 0 Å². The molecule has 0 spiro atoms. The summed E-state index contributed by atoms with van der Waals surface area (Å²) in [4.78, 5) is 14.8. The Morgan fingerprint density at radius 1 is 0.900 bits per heavy atom. The highest BCUT2D eigenvalue weighted by Gasteiger charge is 2.35. The molecule has 1 saturated carbocycles. The predicted molar refractivity (Wildman–Crippen MR) is 129 cm³/mol. The molecule has 0 bridgehead atoms. The van der Waals surface area contributed by atoms with Crippen LogP contribution in [0.3, 0.4) is 0 Å². The maximum atomic E-state index is 12.6. The summed E-state index contributed by atoms with van der Waals surface area (Å²) in [6, 6.07) is 17.9. The van der Waals surface area contributed by atoms with Crippen molar-refractivity contribution in [1.82, 2.24) is 4.90 Å². The van der Waals surface area contributed by atoms with Crippen LogP contribution in [0.15, 0.2) is 48.5 Å². The van der Waals surface area contributed by atoms with Crippen LogP contribution in [0.25, 0.3) is 0 Å². The van der Waals surface area contributed by atoms with Crippen LogP contribution < -0.4 is 0 Å². The van der Waals surface area contributed by atoms with Crippen molar-refractivity contribution in [3.05, 3.63) is 70.8 Å². The molecule has 2 heteroatoms. The molecule has 0 radical (unpaired) electrons. The molecule has 1 fully saturated rings. The Morgan fingerprint density at radius 3 is 2.00 bits per heavy atom. The van der Waals surface area contributed by atoms with Crippen LogP contribution in [-0.2, 0) is 23.2 Å². The Labute approximate surface area is 184 Å². The van der Waals surface area contributed by atoms with Gasteiger partial charge in [-0.25, -0.2) is 0 Å². The van der Waals surface area contributed by atoms with E-state index in [1.54, 1.807) is 0 Å². The van der Waals surface area contributed by atoms with Crippen LogP contribution in [0.4, 0.5) is 0 Å². The quantitative estimate of drug-likeness (QED) is 0.527. The minimum absolute atomic E-state index is 0.168. The van der Waals surface area contributed by atoms with Crippen molar-refractivity contribution in [2.45, 2.75) is 78.2 Å². The van der Waals surface area contributed by atoms with Gasteiger partial charge < -0.3 is 4.90 Å². The van der Waals surface area contributed by atoms with Crippen LogP contribution in [0.2, 0.25) is 0 Å². The molecule has 0 aliphatic heterocycles. The van der Waals surface area contributed by atoms with Crippen molar-refractivity contribution in [3.8, 4) is 0 Å². The average molecular weight is 408 g/mol. The molecule has 2 atom stereocenters. The third-order valence-corrected chi connectivity index (χ3v) is 6.07. The highest BCUT2D eigenvalue weighted by atomic mass is 16.1. The number of carbonyl (C=O) groups excluding carboxylic acids is 1. The zero-order chi connectivity index (χ0) is 22.3. The average Bonchev–Trinajstić information content (AvgIpc) is 3.08. The molecular formula is C28H41NO. The molecule has 2 aromatic carbocycles. The fraction of sp³-hybridized carbons (Fsp3) is 0.536. The Kier molecular flexibility index (Phi) is 8.85. The van der Waals surface area contributed by atoms with E-state index in [1.165, 1.54) is 22.3 Å². The Morgan fingerprint density at radius 2 is 1.47 bits per heavy atom. The van der Waals surface area contributed by atoms with Gasteiger partial charge in [-0.05, 0) is 66.9 Å². The first kappa shape index (κ1) is 24.3. The van der Waals surface area contributed by atoms with E-state index >= 15 is 0 Å². The van der Waals surface area contributed by atoms with E-state index in [1.807, 2.05) is 13.8 Å². The first-order valence-corrected chi connectivity index (χ1v) is 11.6. The third kappa shape index (κ3) is 6.54. The summed E-state index contributed by atoms with van der Waals surface area (Å²) in [5.74, 6) is 1.01. The molecule has 164 valence electrons. The molecule has 3 rings (SSSR count). The number of nitrogens with zero attached hydrogens (tertiary/aromatic N) is 1. The Bertz CT molecular complexity index is 781. The zero-order valence-electron chi connectivity index (χ0n) is 20.2. The number of ketones is 1. The van der Waals surface area contributed by atoms with Crippen LogP contribution in [-0.4, -0.2) is 24.8 Å². The number of benzene rings is 2. The lowest BCUT2D eigenvalue weighted by Gasteiger charge is -2.22. The maximum Gasteiger partial charge on any atom is 0.136 e. The molecule has 2 unspecified atom stereocenters. The van der Waals surface area contributed by atoms with Gasteiger partial charge in [-0.3, -0.25) is 4.79 Å². The van der Waals surface area contributed by atoms with E-state index in [0.29, 0.717) is 11.7 Å². The number of Topliss-reactive ketones (excluding diaryl/α,β-unsaturated/α-hetero) is 1. The lowest BCUT2D eigenvalue weighted by atomic mass is 9.82. The number of rotatable bonds is 6. The summed E-state index contributed by atoms with van der Waals surface area (Å²) in [7, 11) is 4.18. The van der Waals surface area contributed by atoms with Crippen molar-refractivity contribution >= 4 is 5.78 Å². The summed E-state index contributed by atoms with van der Waals surface area (Å²) in [5, 5.41) is 0. The lowest BCUT2D eigenvalue weighted by Crippen LogP contribution is -2.15. The van der Waals surface area contributed by atoms with E-state index in [-0.39, 0.29) is 11.3 Å². The summed E-state index contributed by atoms with van der Waals surface area (Å²) < 4.78 is 0. The van der Waals surface area contributed by atoms with E-state index < -0.39 is 0 Å². The monoisotopic (exact) mass is 407 g/mol. The van der Waals surface area contributed by atoms with Crippen molar-refractivity contribution in [2.75, 3.05) is 14.1 Å². The molecule has 30 heavy (non-hydrogen) atoms. The Balaban J connectivity index is 0.00000155. The van der Waals surface area contributed by atoms with Gasteiger partial charge in [0.05, 0.1) is 0 Å². The molecule has 0 amide bonds. The van der Waals surface area contributed by atoms with E-state index in [2.05, 4.69) is 88.3 Å². The second kappa shape index (κ2) is 10.9. The summed E-state index contributed by atoms with van der Waals surface area (Å²) in [5.41, 5.74) is 5.54. The van der Waals surface area contributed by atoms with Crippen molar-refractivity contribution < 1.29 is 4.79 Å². The van der Waals surface area contributed by atoms with Gasteiger partial charge in [0, 0.05) is 18.9 Å². The highest BCUT2D eigenvalue weighted by molar-refractivity contribution is 5.84. The highest BCUT2D eigenvalue weighted by Crippen LogP contribution is 2.40. The predicted octanol–water partition coefficient (Wildman–Crippen LogP) is 6.77. The fourth-order valence-electron chi connectivity index (χ4n) is 4.40. The minimum atomic E-state index is 0.168. The normalized spacial score (nSPS) is 19.0. The van der Waals surface area contributed by atoms with Crippen LogP contribution >= 0.6 is 0 Å². The smallest absolute Gasteiger partial charge is 0.136 e. The van der Waals surface area contributed by atoms with Gasteiger partial charge in [-0.2, -0.15) is 0 Å². The lowest BCUT2D eigenvalue weighted by molar-refractivity contribution is -0.121. The molecule has 2 aromatic rings. The topological polar surface area (TPSA) is 20.3 Å². The van der Waals surface area contributed by atoms with Crippen LogP contribution in [0, 0.1) is 5.92 Å². The van der Waals surface area contributed by atoms with Gasteiger partial charge in [0.1, 0.15) is 5.78 Å². The molecule has 0 saturated heterocycles. The largest absolute Gasteiger partial charge is 0.305 e. The SMILES string of the molecule is CC.CN(C)Cc1ccc(CCC2C(=O)CCC2c2ccc(C(C)(C)C)cc2)cc1. The Hall–Kier alpha value is -1.93. The van der Waals surface area contributed by atoms with Crippen molar-refractivity contribution in [2.24, 2.45) is 5.92 Å². The third-order valence-electron chi connectivity index (χ3n) is 6.07. The molecular weight excluding hydrogens is 366 g/mol. The minimum Gasteiger partial charge on any atom is -0.305 e. The van der Waals surface area contributed by atoms with Gasteiger partial charge in [0.2, 0.25) is 0 Å². The first-order valence-electron chi connectivity index (χ1n) is 11.6. The van der Waals surface area contributed by atoms with Crippen LogP contribution in [0.1, 0.15) is 82.1 Å². The summed E-state index contributed by atoms with van der Waals surface area (Å²) in [6.07, 6.45) is 3.67. The van der Waals surface area contributed by atoms with Crippen molar-refractivity contribution in [3.63, 3.8) is 0 Å². The van der Waals surface area contributed by atoms with Gasteiger partial charge >= 0.3 is 0 Å². The summed E-state index contributed by atoms with van der Waals surface area (Å²) >= 11 is 0. The molecule has 2 nitrogen and oxygen atoms in total. The van der Waals surface area contributed by atoms with Gasteiger partial charge in [0.25, 0.3) is 0 Å². The number of carbonyl (C=O) groups is 1. The molecule has 0 heterocycles. The maximum absolute atomic E-state index is 12.6. The molecule has 1 aliphatic carbocycles. The van der Waals surface area contributed by atoms with Gasteiger partial charge in [-0.1, -0.05) is 83.1 Å². The molecule has 1 aliphatic rings. The fourth-order valence-corrected chi connectivity index (χ4v) is 4.40. The first-order chi connectivity index (χ1) is 14.2. The number of hydrogen-bond acceptors (Lipinski definition) is 2. The summed E-state index contributed by atoms with van der Waals surface area (Å²) in [6.45, 7) is 11.7. The van der Waals surface area contributed by atoms with Crippen molar-refractivity contribution in [1.29, 1.82) is 0 Å². The van der Waals surface area contributed by atoms with Gasteiger partial charge in [0.15, 0.2) is 0 Å². The molecule has 0 aromatic heterocycles. The van der Waals surface area contributed by atoms with E-state index in [0.717, 1.165) is 32.2 Å². The standard InChI is InChI=1S/C26H35NO.C2H6/c1-26(2,3)22-13-11-21(12-14-22)23-16-17-25(28)24(23)15-10-19-6-8-20(9-7-19)18-27(4)5;1-2/h6-9,11-14,23-24H,10,15-18H2,1-5H3;1-2H3. The van der Waals surface area contributed by atoms with E-state index in [4.69, 9.17) is 0 Å². The molecule has 0 N–H and O–H groups in total.